The molecule has 0 aliphatic heterocycles. The predicted molar refractivity (Wildman–Crippen MR) is 106 cm³/mol. The Labute approximate surface area is 185 Å². The molecule has 3 rings (SSSR count). The zero-order valence-electron chi connectivity index (χ0n) is 15.7. The second-order valence-electron chi connectivity index (χ2n) is 6.74. The number of benzene rings is 2. The van der Waals surface area contributed by atoms with Crippen LogP contribution in [-0.4, -0.2) is 15.6 Å². The van der Waals surface area contributed by atoms with Crippen LogP contribution in [0.4, 0.5) is 26.3 Å². The van der Waals surface area contributed by atoms with Gasteiger partial charge < -0.3 is 9.67 Å². The lowest BCUT2D eigenvalue weighted by Gasteiger charge is -2.15. The number of nitriles is 1. The summed E-state index contributed by atoms with van der Waals surface area (Å²) in [5.41, 5.74) is -3.03. The number of carbonyl (C=O) groups is 1. The van der Waals surface area contributed by atoms with Gasteiger partial charge in [0, 0.05) is 28.2 Å². The summed E-state index contributed by atoms with van der Waals surface area (Å²) in [6, 6.07) is 7.64. The van der Waals surface area contributed by atoms with E-state index in [1.165, 1.54) is 16.8 Å². The number of aliphatic carboxylic acids is 1. The summed E-state index contributed by atoms with van der Waals surface area (Å²) in [5.74, 6) is -1.48. The van der Waals surface area contributed by atoms with Crippen molar-refractivity contribution in [3.05, 3.63) is 74.9 Å². The molecule has 0 saturated heterocycles. The molecule has 11 heteroatoms. The van der Waals surface area contributed by atoms with Crippen LogP contribution in [0.2, 0.25) is 0 Å². The van der Waals surface area contributed by atoms with Crippen molar-refractivity contribution in [3.63, 3.8) is 0 Å². The Morgan fingerprint density at radius 3 is 2.19 bits per heavy atom. The number of aromatic nitrogens is 1. The first-order valence-corrected chi connectivity index (χ1v) is 9.51. The number of halogens is 7. The first-order chi connectivity index (χ1) is 14.8. The van der Waals surface area contributed by atoms with Gasteiger partial charge in [0.1, 0.15) is 11.6 Å². The molecule has 2 aromatic carbocycles. The molecule has 166 valence electrons. The topological polar surface area (TPSA) is 66.0 Å². The van der Waals surface area contributed by atoms with E-state index in [9.17, 15) is 31.1 Å². The van der Waals surface area contributed by atoms with Crippen LogP contribution in [0.3, 0.4) is 0 Å². The van der Waals surface area contributed by atoms with E-state index >= 15 is 0 Å². The van der Waals surface area contributed by atoms with Gasteiger partial charge in [-0.05, 0) is 42.0 Å². The Kier molecular flexibility index (Phi) is 6.11. The Hall–Kier alpha value is -3.26. The van der Waals surface area contributed by atoms with E-state index in [0.717, 1.165) is 6.08 Å². The minimum Gasteiger partial charge on any atom is -0.477 e. The second kappa shape index (κ2) is 8.35. The van der Waals surface area contributed by atoms with Gasteiger partial charge in [0.2, 0.25) is 0 Å². The Morgan fingerprint density at radius 1 is 1.09 bits per heavy atom. The highest BCUT2D eigenvalue weighted by Gasteiger charge is 2.36. The van der Waals surface area contributed by atoms with Crippen LogP contribution in [0.1, 0.15) is 22.3 Å². The van der Waals surface area contributed by atoms with Crippen LogP contribution in [0.5, 0.6) is 0 Å². The van der Waals surface area contributed by atoms with Crippen LogP contribution in [0.15, 0.2) is 52.6 Å². The van der Waals surface area contributed by atoms with E-state index in [0.29, 0.717) is 27.5 Å². The number of hydrogen-bond acceptors (Lipinski definition) is 2. The molecule has 3 aromatic rings. The predicted octanol–water partition coefficient (Wildman–Crippen LogP) is 6.48. The molecule has 0 amide bonds. The number of alkyl halides is 6. The molecule has 0 radical (unpaired) electrons. The average Bonchev–Trinajstić information content (AvgIpc) is 3.02. The van der Waals surface area contributed by atoms with Crippen LogP contribution < -0.4 is 0 Å². The molecule has 4 nitrogen and oxygen atoms in total. The highest BCUT2D eigenvalue weighted by Crippen LogP contribution is 2.37. The molecule has 0 saturated carbocycles. The number of fused-ring (bicyclic) bond motifs is 1. The Bertz CT molecular complexity index is 1250. The first kappa shape index (κ1) is 23.4. The molecular formula is C21H11BrF6N2O2. The van der Waals surface area contributed by atoms with E-state index in [1.54, 1.807) is 18.2 Å². The maximum Gasteiger partial charge on any atom is 0.416 e. The fourth-order valence-corrected chi connectivity index (χ4v) is 3.77. The van der Waals surface area contributed by atoms with Crippen LogP contribution in [-0.2, 0) is 23.7 Å². The van der Waals surface area contributed by atoms with Crippen molar-refractivity contribution in [2.45, 2.75) is 18.9 Å². The summed E-state index contributed by atoms with van der Waals surface area (Å²) >= 11 is 3.30. The van der Waals surface area contributed by atoms with Crippen molar-refractivity contribution < 1.29 is 36.2 Å². The lowest BCUT2D eigenvalue weighted by molar-refractivity contribution is -0.143. The van der Waals surface area contributed by atoms with Crippen molar-refractivity contribution in [3.8, 4) is 6.07 Å². The minimum absolute atomic E-state index is 0.0497. The van der Waals surface area contributed by atoms with Gasteiger partial charge in [-0.2, -0.15) is 31.6 Å². The van der Waals surface area contributed by atoms with Crippen LogP contribution in [0, 0.1) is 11.3 Å². The van der Waals surface area contributed by atoms with E-state index in [-0.39, 0.29) is 23.7 Å². The second-order valence-corrected chi connectivity index (χ2v) is 7.59. The van der Waals surface area contributed by atoms with Gasteiger partial charge in [0.25, 0.3) is 0 Å². The molecule has 0 atom stereocenters. The van der Waals surface area contributed by atoms with Gasteiger partial charge >= 0.3 is 18.3 Å². The third-order valence-electron chi connectivity index (χ3n) is 4.54. The summed E-state index contributed by atoms with van der Waals surface area (Å²) in [7, 11) is 0. The average molecular weight is 517 g/mol. The Morgan fingerprint density at radius 2 is 1.69 bits per heavy atom. The number of rotatable bonds is 4. The van der Waals surface area contributed by atoms with Crippen LogP contribution in [0.25, 0.3) is 17.0 Å². The highest BCUT2D eigenvalue weighted by molar-refractivity contribution is 9.10. The quantitative estimate of drug-likeness (QED) is 0.245. The molecule has 1 aromatic heterocycles. The molecule has 0 bridgehead atoms. The first-order valence-electron chi connectivity index (χ1n) is 8.72. The Balaban J connectivity index is 2.20. The molecule has 0 unspecified atom stereocenters. The number of hydrogen-bond donors (Lipinski definition) is 1. The third kappa shape index (κ3) is 4.80. The lowest BCUT2D eigenvalue weighted by atomic mass is 10.0. The maximum absolute atomic E-state index is 13.2. The van der Waals surface area contributed by atoms with Gasteiger partial charge in [0.15, 0.2) is 0 Å². The van der Waals surface area contributed by atoms with E-state index in [1.807, 2.05) is 0 Å². The zero-order chi connectivity index (χ0) is 23.8. The van der Waals surface area contributed by atoms with E-state index in [2.05, 4.69) is 15.9 Å². The molecule has 0 aliphatic carbocycles. The molecular weight excluding hydrogens is 506 g/mol. The van der Waals surface area contributed by atoms with Crippen molar-refractivity contribution in [2.24, 2.45) is 0 Å². The summed E-state index contributed by atoms with van der Waals surface area (Å²) < 4.78 is 80.9. The van der Waals surface area contributed by atoms with Gasteiger partial charge in [-0.3, -0.25) is 0 Å². The molecule has 0 spiro atoms. The third-order valence-corrected chi connectivity index (χ3v) is 5.20. The summed E-state index contributed by atoms with van der Waals surface area (Å²) in [6.45, 7) is -0.358. The highest BCUT2D eigenvalue weighted by atomic mass is 79.9. The normalized spacial score (nSPS) is 12.8. The largest absolute Gasteiger partial charge is 0.477 e. The molecule has 32 heavy (non-hydrogen) atoms. The standard InChI is InChI=1S/C21H11BrF6N2O2/c22-16-2-1-3-17-18(16)13(6-12(8-29)19(31)32)10-30(17)9-11-4-14(20(23,24)25)7-15(5-11)21(26,27)28/h1-7,10H,9H2,(H,31,32)/b12-6+. The SMILES string of the molecule is N#C/C(=C\c1cn(Cc2cc(C(F)(F)F)cc(C(F)(F)F)c2)c2cccc(Br)c12)C(=O)O. The maximum atomic E-state index is 13.2. The minimum atomic E-state index is -4.98. The van der Waals surface area contributed by atoms with Crippen LogP contribution >= 0.6 is 15.9 Å². The number of carboxylic acids is 1. The zero-order valence-corrected chi connectivity index (χ0v) is 17.3. The summed E-state index contributed by atoms with van der Waals surface area (Å²) in [4.78, 5) is 11.2. The summed E-state index contributed by atoms with van der Waals surface area (Å²) in [6.07, 6.45) is -7.51. The van der Waals surface area contributed by atoms with Gasteiger partial charge in [-0.1, -0.05) is 22.0 Å². The number of carboxylic acid groups (broad SMARTS) is 1. The van der Waals surface area contributed by atoms with Crippen molar-refractivity contribution >= 4 is 38.9 Å². The van der Waals surface area contributed by atoms with Crippen molar-refractivity contribution in [1.29, 1.82) is 5.26 Å². The smallest absolute Gasteiger partial charge is 0.416 e. The number of nitrogens with zero attached hydrogens (tertiary/aromatic N) is 2. The van der Waals surface area contributed by atoms with Crippen molar-refractivity contribution in [1.82, 2.24) is 4.57 Å². The fourth-order valence-electron chi connectivity index (χ4n) is 3.18. The molecule has 0 fully saturated rings. The summed E-state index contributed by atoms with van der Waals surface area (Å²) in [5, 5.41) is 18.6. The van der Waals surface area contributed by atoms with Crippen molar-refractivity contribution in [2.75, 3.05) is 0 Å². The fraction of sp³-hybridized carbons (Fsp3) is 0.143. The molecule has 1 heterocycles. The van der Waals surface area contributed by atoms with Gasteiger partial charge in [-0.25, -0.2) is 4.79 Å². The lowest BCUT2D eigenvalue weighted by Crippen LogP contribution is -2.12. The van der Waals surface area contributed by atoms with Gasteiger partial charge in [0.05, 0.1) is 16.6 Å². The molecule has 0 aliphatic rings. The molecule has 1 N–H and O–H groups in total. The van der Waals surface area contributed by atoms with E-state index < -0.39 is 35.0 Å². The van der Waals surface area contributed by atoms with Gasteiger partial charge in [-0.15, -0.1) is 0 Å². The monoisotopic (exact) mass is 516 g/mol. The van der Waals surface area contributed by atoms with E-state index in [4.69, 9.17) is 10.4 Å².